The smallest absolute Gasteiger partial charge is 0.412 e. The lowest BCUT2D eigenvalue weighted by Crippen LogP contribution is -2.27. The van der Waals surface area contributed by atoms with E-state index in [4.69, 9.17) is 16.3 Å². The minimum Gasteiger partial charge on any atom is -0.508 e. The van der Waals surface area contributed by atoms with E-state index in [0.29, 0.717) is 11.3 Å². The van der Waals surface area contributed by atoms with Crippen LogP contribution in [0.3, 0.4) is 0 Å². The van der Waals surface area contributed by atoms with Crippen molar-refractivity contribution in [1.29, 1.82) is 0 Å². The first kappa shape index (κ1) is 13.6. The topological polar surface area (TPSA) is 58.6 Å². The molecule has 0 aliphatic heterocycles. The average Bonchev–Trinajstić information content (AvgIpc) is 2.14. The number of phenolic OH excluding ortho intramolecular Hbond substituents is 1. The van der Waals surface area contributed by atoms with Gasteiger partial charge < -0.3 is 9.84 Å². The molecule has 0 fully saturated rings. The number of amides is 1. The van der Waals surface area contributed by atoms with E-state index in [0.717, 1.165) is 0 Å². The molecule has 0 saturated carbocycles. The van der Waals surface area contributed by atoms with Crippen molar-refractivity contribution in [3.8, 4) is 5.75 Å². The lowest BCUT2D eigenvalue weighted by atomic mass is 10.2. The summed E-state index contributed by atoms with van der Waals surface area (Å²) in [6.07, 6.45) is -0.575. The second-order valence-electron chi connectivity index (χ2n) is 4.56. The summed E-state index contributed by atoms with van der Waals surface area (Å²) in [4.78, 5) is 11.5. The van der Waals surface area contributed by atoms with Gasteiger partial charge in [-0.1, -0.05) is 6.07 Å². The molecule has 2 N–H and O–H groups in total. The zero-order valence-corrected chi connectivity index (χ0v) is 10.8. The number of carbonyl (C=O) groups excluding carboxylic acids is 1. The standard InChI is InChI=1S/C12H16ClNO3/c1-12(2,3)17-11(16)14-9-5-4-6-10(15)8(9)7-13/h4-6,15H,7H2,1-3H3,(H,14,16). The second-order valence-corrected chi connectivity index (χ2v) is 4.83. The van der Waals surface area contributed by atoms with E-state index in [1.165, 1.54) is 6.07 Å². The molecule has 1 amide bonds. The van der Waals surface area contributed by atoms with Crippen LogP contribution in [0.15, 0.2) is 18.2 Å². The van der Waals surface area contributed by atoms with Gasteiger partial charge in [0.15, 0.2) is 0 Å². The number of nitrogens with one attached hydrogen (secondary N) is 1. The summed E-state index contributed by atoms with van der Waals surface area (Å²) in [6, 6.07) is 4.79. The molecule has 94 valence electrons. The average molecular weight is 258 g/mol. The van der Waals surface area contributed by atoms with Crippen molar-refractivity contribution in [2.24, 2.45) is 0 Å². The van der Waals surface area contributed by atoms with Gasteiger partial charge in [0.2, 0.25) is 0 Å². The summed E-state index contributed by atoms with van der Waals surface area (Å²) >= 11 is 5.70. The van der Waals surface area contributed by atoms with Gasteiger partial charge in [0.25, 0.3) is 0 Å². The Hall–Kier alpha value is -1.42. The molecule has 0 aliphatic rings. The third-order valence-corrected chi connectivity index (χ3v) is 2.19. The Labute approximate surface area is 106 Å². The molecule has 0 spiro atoms. The number of halogens is 1. The summed E-state index contributed by atoms with van der Waals surface area (Å²) in [5.41, 5.74) is 0.358. The Kier molecular flexibility index (Phi) is 4.23. The summed E-state index contributed by atoms with van der Waals surface area (Å²) in [5.74, 6) is 0.159. The van der Waals surface area contributed by atoms with Gasteiger partial charge in [0, 0.05) is 5.56 Å². The number of ether oxygens (including phenoxy) is 1. The molecular weight excluding hydrogens is 242 g/mol. The molecule has 0 aliphatic carbocycles. The maximum absolute atomic E-state index is 11.5. The van der Waals surface area contributed by atoms with Crippen LogP contribution < -0.4 is 5.32 Å². The van der Waals surface area contributed by atoms with Gasteiger partial charge in [-0.25, -0.2) is 4.79 Å². The predicted molar refractivity (Wildman–Crippen MR) is 67.5 cm³/mol. The van der Waals surface area contributed by atoms with E-state index in [-0.39, 0.29) is 11.6 Å². The van der Waals surface area contributed by atoms with Crippen molar-refractivity contribution in [1.82, 2.24) is 0 Å². The van der Waals surface area contributed by atoms with E-state index in [9.17, 15) is 9.90 Å². The number of hydrogen-bond donors (Lipinski definition) is 2. The molecule has 0 bridgehead atoms. The summed E-state index contributed by atoms with van der Waals surface area (Å²) in [7, 11) is 0. The summed E-state index contributed by atoms with van der Waals surface area (Å²) < 4.78 is 5.11. The third-order valence-electron chi connectivity index (χ3n) is 1.92. The first-order valence-corrected chi connectivity index (χ1v) is 5.74. The van der Waals surface area contributed by atoms with Crippen molar-refractivity contribution in [2.45, 2.75) is 32.3 Å². The highest BCUT2D eigenvalue weighted by Gasteiger charge is 2.17. The van der Waals surface area contributed by atoms with Crippen LogP contribution in [-0.4, -0.2) is 16.8 Å². The molecule has 0 radical (unpaired) electrons. The van der Waals surface area contributed by atoms with Gasteiger partial charge in [0.05, 0.1) is 11.6 Å². The minimum atomic E-state index is -0.575. The van der Waals surface area contributed by atoms with Gasteiger partial charge in [-0.15, -0.1) is 11.6 Å². The maximum atomic E-state index is 11.5. The normalized spacial score (nSPS) is 11.1. The Morgan fingerprint density at radius 2 is 2.12 bits per heavy atom. The fourth-order valence-corrected chi connectivity index (χ4v) is 1.53. The first-order chi connectivity index (χ1) is 7.83. The van der Waals surface area contributed by atoms with Gasteiger partial charge in [-0.2, -0.15) is 0 Å². The van der Waals surface area contributed by atoms with Crippen LogP contribution in [-0.2, 0) is 10.6 Å². The Morgan fingerprint density at radius 3 is 2.65 bits per heavy atom. The molecule has 1 aromatic carbocycles. The van der Waals surface area contributed by atoms with Crippen molar-refractivity contribution < 1.29 is 14.6 Å². The van der Waals surface area contributed by atoms with Gasteiger partial charge >= 0.3 is 6.09 Å². The van der Waals surface area contributed by atoms with Crippen LogP contribution in [0, 0.1) is 0 Å². The van der Waals surface area contributed by atoms with Gasteiger partial charge in [-0.05, 0) is 32.9 Å². The maximum Gasteiger partial charge on any atom is 0.412 e. The van der Waals surface area contributed by atoms with Crippen molar-refractivity contribution in [2.75, 3.05) is 5.32 Å². The fourth-order valence-electron chi connectivity index (χ4n) is 1.25. The quantitative estimate of drug-likeness (QED) is 0.798. The first-order valence-electron chi connectivity index (χ1n) is 5.20. The number of phenols is 1. The number of hydrogen-bond acceptors (Lipinski definition) is 3. The summed E-state index contributed by atoms with van der Waals surface area (Å²) in [6.45, 7) is 5.33. The molecule has 4 nitrogen and oxygen atoms in total. The van der Waals surface area contributed by atoms with Crippen LogP contribution in [0.4, 0.5) is 10.5 Å². The Balaban J connectivity index is 2.82. The highest BCUT2D eigenvalue weighted by Crippen LogP contribution is 2.27. The molecule has 0 heterocycles. The number of rotatable bonds is 2. The van der Waals surface area contributed by atoms with Gasteiger partial charge in [-0.3, -0.25) is 5.32 Å². The fraction of sp³-hybridized carbons (Fsp3) is 0.417. The van der Waals surface area contributed by atoms with E-state index >= 15 is 0 Å². The van der Waals surface area contributed by atoms with Crippen LogP contribution in [0.2, 0.25) is 0 Å². The lowest BCUT2D eigenvalue weighted by molar-refractivity contribution is 0.0636. The molecule has 5 heteroatoms. The van der Waals surface area contributed by atoms with Crippen LogP contribution in [0.25, 0.3) is 0 Å². The number of carbonyl (C=O) groups is 1. The number of aromatic hydroxyl groups is 1. The predicted octanol–water partition coefficient (Wildman–Crippen LogP) is 3.48. The van der Waals surface area contributed by atoms with Crippen LogP contribution >= 0.6 is 11.6 Å². The van der Waals surface area contributed by atoms with Crippen molar-refractivity contribution in [3.63, 3.8) is 0 Å². The molecule has 1 aromatic rings. The highest BCUT2D eigenvalue weighted by molar-refractivity contribution is 6.17. The number of benzene rings is 1. The SMILES string of the molecule is CC(C)(C)OC(=O)Nc1cccc(O)c1CCl. The molecule has 0 saturated heterocycles. The van der Waals surface area contributed by atoms with Crippen LogP contribution in [0.5, 0.6) is 5.75 Å². The van der Waals surface area contributed by atoms with Gasteiger partial charge in [0.1, 0.15) is 11.4 Å². The molecule has 0 aromatic heterocycles. The zero-order chi connectivity index (χ0) is 13.1. The van der Waals surface area contributed by atoms with E-state index in [1.54, 1.807) is 32.9 Å². The van der Waals surface area contributed by atoms with E-state index < -0.39 is 11.7 Å². The highest BCUT2D eigenvalue weighted by atomic mass is 35.5. The van der Waals surface area contributed by atoms with Crippen LogP contribution in [0.1, 0.15) is 26.3 Å². The molecule has 0 unspecified atom stereocenters. The molecule has 1 rings (SSSR count). The lowest BCUT2D eigenvalue weighted by Gasteiger charge is -2.20. The number of alkyl halides is 1. The monoisotopic (exact) mass is 257 g/mol. The van der Waals surface area contributed by atoms with Crippen molar-refractivity contribution >= 4 is 23.4 Å². The Bertz CT molecular complexity index is 413. The second kappa shape index (κ2) is 5.27. The Morgan fingerprint density at radius 1 is 1.47 bits per heavy atom. The van der Waals surface area contributed by atoms with E-state index in [1.807, 2.05) is 0 Å². The summed E-state index contributed by atoms with van der Waals surface area (Å²) in [5, 5.41) is 12.1. The minimum absolute atomic E-state index is 0.0496. The molecule has 17 heavy (non-hydrogen) atoms. The third kappa shape index (κ3) is 4.15. The van der Waals surface area contributed by atoms with E-state index in [2.05, 4.69) is 5.32 Å². The molecule has 0 atom stereocenters. The number of anilines is 1. The van der Waals surface area contributed by atoms with Crippen molar-refractivity contribution in [3.05, 3.63) is 23.8 Å². The largest absolute Gasteiger partial charge is 0.508 e. The molecular formula is C12H16ClNO3. The zero-order valence-electron chi connectivity index (χ0n) is 10.1.